The number of nitrogens with zero attached hydrogens (tertiary/aromatic N) is 1. The number of hydrogen-bond donors (Lipinski definition) is 0. The molecule has 1 heterocycles. The first-order valence-electron chi connectivity index (χ1n) is 7.31. The SMILES string of the molecule is CCc1ccc(N2C(=O)/C(=C\c3ccc(Cl)cc3Cl)SC2=S)cc1. The second-order valence-corrected chi connectivity index (χ2v) is 7.72. The first-order chi connectivity index (χ1) is 11.5. The number of amides is 1. The molecule has 0 bridgehead atoms. The minimum Gasteiger partial charge on any atom is -0.268 e. The highest BCUT2D eigenvalue weighted by molar-refractivity contribution is 8.27. The predicted octanol–water partition coefficient (Wildman–Crippen LogP) is 5.96. The maximum atomic E-state index is 12.7. The van der Waals surface area contributed by atoms with Gasteiger partial charge in [-0.15, -0.1) is 0 Å². The Labute approximate surface area is 160 Å². The highest BCUT2D eigenvalue weighted by atomic mass is 35.5. The molecule has 2 aromatic carbocycles. The molecule has 2 nitrogen and oxygen atoms in total. The summed E-state index contributed by atoms with van der Waals surface area (Å²) in [6.07, 6.45) is 2.70. The van der Waals surface area contributed by atoms with Crippen LogP contribution in [-0.2, 0) is 11.2 Å². The van der Waals surface area contributed by atoms with Crippen LogP contribution < -0.4 is 4.90 Å². The van der Waals surface area contributed by atoms with Gasteiger partial charge in [0.25, 0.3) is 5.91 Å². The summed E-state index contributed by atoms with van der Waals surface area (Å²) in [7, 11) is 0. The molecular weight excluding hydrogens is 381 g/mol. The average Bonchev–Trinajstić information content (AvgIpc) is 2.84. The fraction of sp³-hybridized carbons (Fsp3) is 0.111. The monoisotopic (exact) mass is 393 g/mol. The Kier molecular flexibility index (Phi) is 5.30. The van der Waals surface area contributed by atoms with Gasteiger partial charge in [0, 0.05) is 10.0 Å². The van der Waals surface area contributed by atoms with Crippen LogP contribution in [0, 0.1) is 0 Å². The van der Waals surface area contributed by atoms with E-state index in [-0.39, 0.29) is 5.91 Å². The number of halogens is 2. The Hall–Kier alpha value is -1.33. The minimum absolute atomic E-state index is 0.139. The smallest absolute Gasteiger partial charge is 0.268 e. The number of aryl methyl sites for hydroxylation is 1. The van der Waals surface area contributed by atoms with Crippen molar-refractivity contribution in [2.24, 2.45) is 0 Å². The third-order valence-electron chi connectivity index (χ3n) is 3.65. The van der Waals surface area contributed by atoms with Gasteiger partial charge in [-0.2, -0.15) is 0 Å². The molecule has 0 aliphatic carbocycles. The Morgan fingerprint density at radius 3 is 2.50 bits per heavy atom. The van der Waals surface area contributed by atoms with Gasteiger partial charge < -0.3 is 0 Å². The number of rotatable bonds is 3. The number of hydrogen-bond acceptors (Lipinski definition) is 3. The molecule has 0 unspecified atom stereocenters. The van der Waals surface area contributed by atoms with Crippen molar-refractivity contribution in [1.29, 1.82) is 0 Å². The predicted molar refractivity (Wildman–Crippen MR) is 108 cm³/mol. The fourth-order valence-electron chi connectivity index (χ4n) is 2.33. The molecule has 1 aliphatic rings. The Morgan fingerprint density at radius 2 is 1.88 bits per heavy atom. The lowest BCUT2D eigenvalue weighted by Gasteiger charge is -2.14. The number of carbonyl (C=O) groups is 1. The molecule has 0 radical (unpaired) electrons. The highest BCUT2D eigenvalue weighted by Crippen LogP contribution is 2.37. The Balaban J connectivity index is 1.92. The van der Waals surface area contributed by atoms with Crippen LogP contribution in [0.2, 0.25) is 10.0 Å². The Morgan fingerprint density at radius 1 is 1.17 bits per heavy atom. The standard InChI is InChI=1S/C18H13Cl2NOS2/c1-2-11-3-7-14(8-4-11)21-17(22)16(24-18(21)23)9-12-5-6-13(19)10-15(12)20/h3-10H,2H2,1H3/b16-9+. The first kappa shape index (κ1) is 17.5. The van der Waals surface area contributed by atoms with Crippen molar-refractivity contribution in [2.75, 3.05) is 4.90 Å². The zero-order valence-corrected chi connectivity index (χ0v) is 15.9. The van der Waals surface area contributed by atoms with Crippen molar-refractivity contribution >= 4 is 69.2 Å². The molecule has 0 N–H and O–H groups in total. The van der Waals surface area contributed by atoms with Crippen LogP contribution in [0.25, 0.3) is 6.08 Å². The maximum Gasteiger partial charge on any atom is 0.270 e. The summed E-state index contributed by atoms with van der Waals surface area (Å²) in [5.74, 6) is -0.139. The highest BCUT2D eigenvalue weighted by Gasteiger charge is 2.33. The Bertz CT molecular complexity index is 847. The summed E-state index contributed by atoms with van der Waals surface area (Å²) >= 11 is 18.7. The van der Waals surface area contributed by atoms with Crippen LogP contribution >= 0.6 is 47.2 Å². The van der Waals surface area contributed by atoms with Crippen molar-refractivity contribution in [2.45, 2.75) is 13.3 Å². The van der Waals surface area contributed by atoms with E-state index in [1.165, 1.54) is 17.3 Å². The molecule has 1 amide bonds. The molecule has 1 fully saturated rings. The molecule has 3 rings (SSSR count). The number of thiocarbonyl (C=S) groups is 1. The van der Waals surface area contributed by atoms with Crippen LogP contribution in [0.5, 0.6) is 0 Å². The molecular formula is C18H13Cl2NOS2. The van der Waals surface area contributed by atoms with E-state index in [1.807, 2.05) is 24.3 Å². The fourth-order valence-corrected chi connectivity index (χ4v) is 4.08. The second kappa shape index (κ2) is 7.28. The molecule has 2 aromatic rings. The largest absolute Gasteiger partial charge is 0.270 e. The van der Waals surface area contributed by atoms with Crippen LogP contribution in [0.1, 0.15) is 18.1 Å². The molecule has 1 saturated heterocycles. The zero-order chi connectivity index (χ0) is 17.3. The summed E-state index contributed by atoms with van der Waals surface area (Å²) in [5, 5.41) is 1.06. The summed E-state index contributed by atoms with van der Waals surface area (Å²) in [6, 6.07) is 13.0. The van der Waals surface area contributed by atoms with Gasteiger partial charge in [0.15, 0.2) is 4.32 Å². The first-order valence-corrected chi connectivity index (χ1v) is 9.29. The van der Waals surface area contributed by atoms with E-state index in [9.17, 15) is 4.79 Å². The minimum atomic E-state index is -0.139. The van der Waals surface area contributed by atoms with Crippen LogP contribution in [0.15, 0.2) is 47.4 Å². The van der Waals surface area contributed by atoms with Crippen molar-refractivity contribution in [3.05, 3.63) is 68.5 Å². The van der Waals surface area contributed by atoms with E-state index >= 15 is 0 Å². The molecule has 1 aliphatic heterocycles. The lowest BCUT2D eigenvalue weighted by Crippen LogP contribution is -2.27. The van der Waals surface area contributed by atoms with E-state index in [0.29, 0.717) is 19.3 Å². The van der Waals surface area contributed by atoms with Gasteiger partial charge >= 0.3 is 0 Å². The quantitative estimate of drug-likeness (QED) is 0.473. The van der Waals surface area contributed by atoms with Crippen molar-refractivity contribution in [1.82, 2.24) is 0 Å². The van der Waals surface area contributed by atoms with Crippen LogP contribution in [-0.4, -0.2) is 10.2 Å². The summed E-state index contributed by atoms with van der Waals surface area (Å²) in [4.78, 5) is 14.8. The normalized spacial score (nSPS) is 16.3. The van der Waals surface area contributed by atoms with E-state index in [0.717, 1.165) is 17.7 Å². The molecule has 24 heavy (non-hydrogen) atoms. The number of thioether (sulfide) groups is 1. The molecule has 6 heteroatoms. The lowest BCUT2D eigenvalue weighted by atomic mass is 10.1. The van der Waals surface area contributed by atoms with Crippen molar-refractivity contribution in [3.8, 4) is 0 Å². The van der Waals surface area contributed by atoms with Gasteiger partial charge in [0.05, 0.1) is 10.6 Å². The molecule has 0 saturated carbocycles. The van der Waals surface area contributed by atoms with Crippen LogP contribution in [0.4, 0.5) is 5.69 Å². The maximum absolute atomic E-state index is 12.7. The lowest BCUT2D eigenvalue weighted by molar-refractivity contribution is -0.113. The third kappa shape index (κ3) is 3.52. The van der Waals surface area contributed by atoms with Gasteiger partial charge in [-0.25, -0.2) is 0 Å². The van der Waals surface area contributed by atoms with Gasteiger partial charge in [-0.05, 0) is 47.9 Å². The van der Waals surface area contributed by atoms with Gasteiger partial charge in [-0.3, -0.25) is 9.69 Å². The molecule has 0 spiro atoms. The van der Waals surface area contributed by atoms with Gasteiger partial charge in [0.1, 0.15) is 0 Å². The number of benzene rings is 2. The molecule has 0 atom stereocenters. The van der Waals surface area contributed by atoms with Gasteiger partial charge in [-0.1, -0.05) is 72.3 Å². The van der Waals surface area contributed by atoms with E-state index < -0.39 is 0 Å². The summed E-state index contributed by atoms with van der Waals surface area (Å²) in [5.41, 5.74) is 2.73. The average molecular weight is 394 g/mol. The summed E-state index contributed by atoms with van der Waals surface area (Å²) < 4.78 is 0.514. The molecule has 122 valence electrons. The van der Waals surface area contributed by atoms with Gasteiger partial charge in [0.2, 0.25) is 0 Å². The van der Waals surface area contributed by atoms with Crippen LogP contribution in [0.3, 0.4) is 0 Å². The van der Waals surface area contributed by atoms with E-state index in [4.69, 9.17) is 35.4 Å². The van der Waals surface area contributed by atoms with E-state index in [2.05, 4.69) is 6.92 Å². The number of anilines is 1. The zero-order valence-electron chi connectivity index (χ0n) is 12.8. The van der Waals surface area contributed by atoms with Crippen molar-refractivity contribution in [3.63, 3.8) is 0 Å². The van der Waals surface area contributed by atoms with Crippen molar-refractivity contribution < 1.29 is 4.79 Å². The van der Waals surface area contributed by atoms with E-state index in [1.54, 1.807) is 29.2 Å². The topological polar surface area (TPSA) is 20.3 Å². The summed E-state index contributed by atoms with van der Waals surface area (Å²) in [6.45, 7) is 2.09. The second-order valence-electron chi connectivity index (χ2n) is 5.20. The third-order valence-corrected chi connectivity index (χ3v) is 5.51. The number of carbonyl (C=O) groups excluding carboxylic acids is 1. The molecule has 0 aromatic heterocycles.